The van der Waals surface area contributed by atoms with Gasteiger partial charge in [-0.1, -0.05) is 29.8 Å². The first kappa shape index (κ1) is 28.6. The molecule has 5 rings (SSSR count). The molecule has 0 atom stereocenters. The topological polar surface area (TPSA) is 135 Å². The number of halogens is 1. The lowest BCUT2D eigenvalue weighted by Gasteiger charge is -2.26. The van der Waals surface area contributed by atoms with E-state index < -0.39 is 10.0 Å². The van der Waals surface area contributed by atoms with Gasteiger partial charge in [-0.15, -0.1) is 0 Å². The van der Waals surface area contributed by atoms with E-state index >= 15 is 0 Å². The minimum absolute atomic E-state index is 0.0389. The van der Waals surface area contributed by atoms with Crippen molar-refractivity contribution in [1.82, 2.24) is 20.2 Å². The minimum Gasteiger partial charge on any atom is -0.497 e. The Bertz CT molecular complexity index is 1660. The Morgan fingerprint density at radius 1 is 1.00 bits per heavy atom. The summed E-state index contributed by atoms with van der Waals surface area (Å²) in [5.41, 5.74) is 1.71. The summed E-state index contributed by atoms with van der Waals surface area (Å²) >= 11 is 6.38. The van der Waals surface area contributed by atoms with Gasteiger partial charge >= 0.3 is 0 Å². The number of methoxy groups -OCH3 is 1. The van der Waals surface area contributed by atoms with Crippen LogP contribution >= 0.6 is 11.6 Å². The maximum absolute atomic E-state index is 13.5. The Kier molecular flexibility index (Phi) is 8.84. The van der Waals surface area contributed by atoms with Crippen LogP contribution in [-0.4, -0.2) is 75.7 Å². The van der Waals surface area contributed by atoms with Crippen LogP contribution in [0, 0.1) is 0 Å². The molecule has 1 aromatic heterocycles. The van der Waals surface area contributed by atoms with Gasteiger partial charge in [-0.3, -0.25) is 14.4 Å². The van der Waals surface area contributed by atoms with Crippen LogP contribution < -0.4 is 20.1 Å². The van der Waals surface area contributed by atoms with Crippen LogP contribution in [0.2, 0.25) is 5.02 Å². The number of aromatic nitrogens is 2. The van der Waals surface area contributed by atoms with Gasteiger partial charge in [-0.25, -0.2) is 18.4 Å². The van der Waals surface area contributed by atoms with Crippen molar-refractivity contribution in [3.05, 3.63) is 77.3 Å². The van der Waals surface area contributed by atoms with Crippen molar-refractivity contribution < 1.29 is 22.7 Å². The molecule has 41 heavy (non-hydrogen) atoms. The van der Waals surface area contributed by atoms with Gasteiger partial charge in [0, 0.05) is 37.8 Å². The molecular weight excluding hydrogens is 568 g/mol. The molecule has 1 aliphatic rings. The van der Waals surface area contributed by atoms with Crippen LogP contribution in [-0.2, 0) is 14.8 Å². The van der Waals surface area contributed by atoms with Crippen LogP contribution in [0.25, 0.3) is 11.0 Å². The number of para-hydroxylation sites is 2. The molecule has 3 N–H and O–H groups in total. The van der Waals surface area contributed by atoms with E-state index in [1.807, 2.05) is 0 Å². The number of hydrogen-bond donors (Lipinski definition) is 3. The van der Waals surface area contributed by atoms with Crippen LogP contribution in [0.5, 0.6) is 5.75 Å². The first-order valence-electron chi connectivity index (χ1n) is 12.9. The van der Waals surface area contributed by atoms with Gasteiger partial charge in [-0.05, 0) is 42.5 Å². The number of morpholine rings is 1. The van der Waals surface area contributed by atoms with E-state index in [4.69, 9.17) is 21.1 Å². The number of nitrogens with zero attached hydrogens (tertiary/aromatic N) is 3. The van der Waals surface area contributed by atoms with Crippen molar-refractivity contribution in [1.29, 1.82) is 0 Å². The van der Waals surface area contributed by atoms with E-state index in [0.29, 0.717) is 53.8 Å². The maximum atomic E-state index is 13.5. The lowest BCUT2D eigenvalue weighted by molar-refractivity contribution is 0.0383. The third kappa shape index (κ3) is 7.03. The number of anilines is 3. The zero-order chi connectivity index (χ0) is 28.8. The summed E-state index contributed by atoms with van der Waals surface area (Å²) in [6.07, 6.45) is 0. The molecular formula is C28H29ClN6O5S. The van der Waals surface area contributed by atoms with Crippen LogP contribution in [0.15, 0.2) is 71.6 Å². The van der Waals surface area contributed by atoms with E-state index in [0.717, 1.165) is 13.1 Å². The number of rotatable bonds is 10. The highest BCUT2D eigenvalue weighted by atomic mass is 35.5. The molecule has 0 bridgehead atoms. The zero-order valence-corrected chi connectivity index (χ0v) is 23.8. The number of carbonyl (C=O) groups excluding carboxylic acids is 1. The first-order chi connectivity index (χ1) is 19.8. The molecule has 0 saturated carbocycles. The van der Waals surface area contributed by atoms with E-state index in [1.165, 1.54) is 25.3 Å². The molecule has 11 nitrogen and oxygen atoms in total. The Labute approximate surface area is 242 Å². The van der Waals surface area contributed by atoms with Gasteiger partial charge in [0.2, 0.25) is 0 Å². The second-order valence-electron chi connectivity index (χ2n) is 9.22. The molecule has 0 radical (unpaired) electrons. The minimum atomic E-state index is -4.17. The number of carbonyl (C=O) groups is 1. The average molecular weight is 597 g/mol. The zero-order valence-electron chi connectivity index (χ0n) is 22.3. The molecule has 0 spiro atoms. The molecule has 1 fully saturated rings. The summed E-state index contributed by atoms with van der Waals surface area (Å²) in [5, 5.41) is 6.30. The number of fused-ring (bicyclic) bond motifs is 1. The fourth-order valence-corrected chi connectivity index (χ4v) is 5.48. The van der Waals surface area contributed by atoms with E-state index in [2.05, 4.69) is 30.2 Å². The standard InChI is InChI=1S/C28H29ClN6O5S/c1-39-20-9-10-22(29)25(18-20)33-26-27(32-24-8-3-2-7-23(24)31-26)34-41(37,38)21-6-4-5-19(17-21)28(36)30-11-12-35-13-15-40-16-14-35/h2-10,17-18H,11-16H2,1H3,(H,30,36)(H,31,33)(H,32,34). The molecule has 2 heterocycles. The SMILES string of the molecule is COc1ccc(Cl)c(Nc2nc3ccccc3nc2NS(=O)(=O)c2cccc(C(=O)NCCN3CCOCC3)c2)c1. The molecule has 0 unspecified atom stereocenters. The summed E-state index contributed by atoms with van der Waals surface area (Å²) < 4.78 is 40.2. The fourth-order valence-electron chi connectivity index (χ4n) is 4.26. The Morgan fingerprint density at radius 2 is 1.73 bits per heavy atom. The van der Waals surface area contributed by atoms with Gasteiger partial charge in [-0.2, -0.15) is 0 Å². The quantitative estimate of drug-likeness (QED) is 0.249. The van der Waals surface area contributed by atoms with Gasteiger partial charge in [0.15, 0.2) is 11.6 Å². The number of ether oxygens (including phenoxy) is 2. The molecule has 1 saturated heterocycles. The van der Waals surface area contributed by atoms with E-state index in [9.17, 15) is 13.2 Å². The van der Waals surface area contributed by atoms with Gasteiger partial charge in [0.25, 0.3) is 15.9 Å². The summed E-state index contributed by atoms with van der Waals surface area (Å²) in [6.45, 7) is 4.09. The Balaban J connectivity index is 1.38. The highest BCUT2D eigenvalue weighted by Gasteiger charge is 2.21. The van der Waals surface area contributed by atoms with Crippen LogP contribution in [0.3, 0.4) is 0 Å². The number of benzene rings is 3. The lowest BCUT2D eigenvalue weighted by Crippen LogP contribution is -2.41. The van der Waals surface area contributed by atoms with Crippen molar-refractivity contribution >= 4 is 55.9 Å². The van der Waals surface area contributed by atoms with Crippen molar-refractivity contribution in [2.45, 2.75) is 4.90 Å². The van der Waals surface area contributed by atoms with Gasteiger partial charge < -0.3 is 20.1 Å². The molecule has 3 aromatic carbocycles. The van der Waals surface area contributed by atoms with Crippen molar-refractivity contribution in [2.24, 2.45) is 0 Å². The van der Waals surface area contributed by atoms with Crippen molar-refractivity contribution in [2.75, 3.05) is 56.5 Å². The van der Waals surface area contributed by atoms with Crippen molar-refractivity contribution in [3.8, 4) is 5.75 Å². The van der Waals surface area contributed by atoms with Gasteiger partial charge in [0.1, 0.15) is 5.75 Å². The largest absolute Gasteiger partial charge is 0.497 e. The van der Waals surface area contributed by atoms with Crippen LogP contribution in [0.1, 0.15) is 10.4 Å². The summed E-state index contributed by atoms with van der Waals surface area (Å²) in [5.74, 6) is 0.283. The number of nitrogens with one attached hydrogen (secondary N) is 3. The number of hydrogen-bond acceptors (Lipinski definition) is 9. The summed E-state index contributed by atoms with van der Waals surface area (Å²) in [7, 11) is -2.64. The van der Waals surface area contributed by atoms with Crippen LogP contribution in [0.4, 0.5) is 17.3 Å². The Morgan fingerprint density at radius 3 is 2.46 bits per heavy atom. The molecule has 1 amide bonds. The highest BCUT2D eigenvalue weighted by Crippen LogP contribution is 2.32. The molecule has 1 aliphatic heterocycles. The third-order valence-electron chi connectivity index (χ3n) is 6.45. The van der Waals surface area contributed by atoms with E-state index in [1.54, 1.807) is 48.5 Å². The number of amides is 1. The smallest absolute Gasteiger partial charge is 0.263 e. The normalized spacial score (nSPS) is 14.0. The van der Waals surface area contributed by atoms with Gasteiger partial charge in [0.05, 0.1) is 47.0 Å². The monoisotopic (exact) mass is 596 g/mol. The number of sulfonamides is 1. The predicted octanol–water partition coefficient (Wildman–Crippen LogP) is 3.90. The molecule has 13 heteroatoms. The van der Waals surface area contributed by atoms with Crippen molar-refractivity contribution in [3.63, 3.8) is 0 Å². The molecule has 4 aromatic rings. The predicted molar refractivity (Wildman–Crippen MR) is 158 cm³/mol. The third-order valence-corrected chi connectivity index (χ3v) is 8.12. The van der Waals surface area contributed by atoms with E-state index in [-0.39, 0.29) is 28.0 Å². The Hall–Kier alpha value is -3.97. The second kappa shape index (κ2) is 12.7. The highest BCUT2D eigenvalue weighted by molar-refractivity contribution is 7.92. The average Bonchev–Trinajstić information content (AvgIpc) is 2.99. The molecule has 214 valence electrons. The second-order valence-corrected chi connectivity index (χ2v) is 11.3. The lowest BCUT2D eigenvalue weighted by atomic mass is 10.2. The fraction of sp³-hybridized carbons (Fsp3) is 0.250. The maximum Gasteiger partial charge on any atom is 0.263 e. The molecule has 0 aliphatic carbocycles. The summed E-state index contributed by atoms with van der Waals surface area (Å²) in [6, 6.07) is 17.9. The summed E-state index contributed by atoms with van der Waals surface area (Å²) in [4.78, 5) is 24.0. The first-order valence-corrected chi connectivity index (χ1v) is 14.8.